The van der Waals surface area contributed by atoms with Gasteiger partial charge in [-0.05, 0) is 31.3 Å². The Morgan fingerprint density at radius 3 is 2.28 bits per heavy atom. The van der Waals surface area contributed by atoms with Crippen LogP contribution in [-0.4, -0.2) is 36.9 Å². The lowest BCUT2D eigenvalue weighted by Gasteiger charge is -2.16. The van der Waals surface area contributed by atoms with Crippen LogP contribution in [0.1, 0.15) is 0 Å². The fourth-order valence-electron chi connectivity index (χ4n) is 2.07. The Hall–Kier alpha value is -2.51. The van der Waals surface area contributed by atoms with Gasteiger partial charge >= 0.3 is 0 Å². The summed E-state index contributed by atoms with van der Waals surface area (Å²) in [6.07, 6.45) is 0. The molecular weight excluding hydrogens is 352 g/mol. The van der Waals surface area contributed by atoms with Gasteiger partial charge in [0, 0.05) is 11.8 Å². The molecule has 0 spiro atoms. The van der Waals surface area contributed by atoms with E-state index in [0.717, 1.165) is 12.1 Å². The van der Waals surface area contributed by atoms with Gasteiger partial charge in [-0.15, -0.1) is 0 Å². The number of nitrogens with one attached hydrogen (secondary N) is 2. The molecule has 0 bridgehead atoms. The molecule has 0 aliphatic carbocycles. The minimum absolute atomic E-state index is 0.0452. The van der Waals surface area contributed by atoms with Crippen molar-refractivity contribution in [3.63, 3.8) is 0 Å². The molecule has 25 heavy (non-hydrogen) atoms. The second kappa shape index (κ2) is 8.55. The number of halogens is 3. The van der Waals surface area contributed by atoms with E-state index in [1.807, 2.05) is 0 Å². The molecule has 0 saturated carbocycles. The zero-order valence-corrected chi connectivity index (χ0v) is 14.1. The van der Waals surface area contributed by atoms with Crippen LogP contribution in [0, 0.1) is 11.6 Å². The SMILES string of the molecule is CN(CC(=O)Nc1ccc(F)c(F)c1)CC(=O)Nc1ccccc1Cl. The number of hydrogen-bond acceptors (Lipinski definition) is 3. The van der Waals surface area contributed by atoms with E-state index in [9.17, 15) is 18.4 Å². The molecule has 0 atom stereocenters. The van der Waals surface area contributed by atoms with Crippen molar-refractivity contribution >= 4 is 34.8 Å². The molecule has 0 heterocycles. The molecule has 2 amide bonds. The first kappa shape index (κ1) is 18.8. The lowest BCUT2D eigenvalue weighted by molar-refractivity contribution is -0.119. The summed E-state index contributed by atoms with van der Waals surface area (Å²) in [7, 11) is 1.58. The molecular formula is C17H16ClF2N3O2. The van der Waals surface area contributed by atoms with E-state index in [-0.39, 0.29) is 24.7 Å². The summed E-state index contributed by atoms with van der Waals surface area (Å²) in [6.45, 7) is -0.147. The second-order valence-electron chi connectivity index (χ2n) is 5.38. The maximum Gasteiger partial charge on any atom is 0.238 e. The van der Waals surface area contributed by atoms with Gasteiger partial charge in [-0.3, -0.25) is 14.5 Å². The average molecular weight is 368 g/mol. The molecule has 0 aromatic heterocycles. The quantitative estimate of drug-likeness (QED) is 0.824. The molecule has 0 aliphatic heterocycles. The number of hydrogen-bond donors (Lipinski definition) is 2. The summed E-state index contributed by atoms with van der Waals surface area (Å²) >= 11 is 5.95. The first-order valence-electron chi connectivity index (χ1n) is 7.33. The molecule has 8 heteroatoms. The molecule has 2 aromatic carbocycles. The fourth-order valence-corrected chi connectivity index (χ4v) is 2.26. The van der Waals surface area contributed by atoms with Crippen LogP contribution in [0.5, 0.6) is 0 Å². The van der Waals surface area contributed by atoms with Gasteiger partial charge in [-0.25, -0.2) is 8.78 Å². The molecule has 0 radical (unpaired) electrons. The van der Waals surface area contributed by atoms with Crippen molar-refractivity contribution in [1.82, 2.24) is 4.90 Å². The Kier molecular flexibility index (Phi) is 6.44. The summed E-state index contributed by atoms with van der Waals surface area (Å²) < 4.78 is 26.0. The highest BCUT2D eigenvalue weighted by Crippen LogP contribution is 2.20. The number of benzene rings is 2. The number of para-hydroxylation sites is 1. The van der Waals surface area contributed by atoms with Gasteiger partial charge in [-0.2, -0.15) is 0 Å². The third-order valence-corrected chi connectivity index (χ3v) is 3.51. The predicted molar refractivity (Wildman–Crippen MR) is 92.6 cm³/mol. The zero-order valence-electron chi connectivity index (χ0n) is 13.4. The Bertz CT molecular complexity index is 786. The molecule has 2 aromatic rings. The highest BCUT2D eigenvalue weighted by atomic mass is 35.5. The lowest BCUT2D eigenvalue weighted by atomic mass is 10.3. The molecule has 2 rings (SSSR count). The lowest BCUT2D eigenvalue weighted by Crippen LogP contribution is -2.36. The van der Waals surface area contributed by atoms with Gasteiger partial charge in [0.05, 0.1) is 23.8 Å². The number of likely N-dealkylation sites (N-methyl/N-ethyl adjacent to an activating group) is 1. The summed E-state index contributed by atoms with van der Waals surface area (Å²) in [5, 5.41) is 5.49. The summed E-state index contributed by atoms with van der Waals surface area (Å²) in [5.74, 6) is -2.84. The Labute approximate surface area is 148 Å². The van der Waals surface area contributed by atoms with E-state index in [1.165, 1.54) is 11.0 Å². The minimum atomic E-state index is -1.05. The van der Waals surface area contributed by atoms with Crippen LogP contribution >= 0.6 is 11.6 Å². The number of anilines is 2. The predicted octanol–water partition coefficient (Wildman–Crippen LogP) is 3.13. The van der Waals surface area contributed by atoms with Crippen molar-refractivity contribution < 1.29 is 18.4 Å². The number of carbonyl (C=O) groups is 2. The van der Waals surface area contributed by atoms with Crippen molar-refractivity contribution in [2.75, 3.05) is 30.8 Å². The number of carbonyl (C=O) groups excluding carboxylic acids is 2. The van der Waals surface area contributed by atoms with E-state index < -0.39 is 17.5 Å². The maximum absolute atomic E-state index is 13.1. The van der Waals surface area contributed by atoms with Gasteiger partial charge in [0.25, 0.3) is 0 Å². The fraction of sp³-hybridized carbons (Fsp3) is 0.176. The smallest absolute Gasteiger partial charge is 0.238 e. The molecule has 0 fully saturated rings. The van der Waals surface area contributed by atoms with Gasteiger partial charge in [-0.1, -0.05) is 23.7 Å². The van der Waals surface area contributed by atoms with Crippen LogP contribution in [0.15, 0.2) is 42.5 Å². The number of amides is 2. The van der Waals surface area contributed by atoms with Crippen LogP contribution in [0.3, 0.4) is 0 Å². The van der Waals surface area contributed by atoms with E-state index in [0.29, 0.717) is 10.7 Å². The van der Waals surface area contributed by atoms with Gasteiger partial charge in [0.15, 0.2) is 11.6 Å². The average Bonchev–Trinajstić information content (AvgIpc) is 2.52. The van der Waals surface area contributed by atoms with Gasteiger partial charge in [0.2, 0.25) is 11.8 Å². The van der Waals surface area contributed by atoms with Crippen LogP contribution in [0.2, 0.25) is 5.02 Å². The van der Waals surface area contributed by atoms with Gasteiger partial charge in [0.1, 0.15) is 0 Å². The molecule has 2 N–H and O–H groups in total. The highest BCUT2D eigenvalue weighted by Gasteiger charge is 2.13. The van der Waals surface area contributed by atoms with Crippen molar-refractivity contribution in [3.05, 3.63) is 59.1 Å². The van der Waals surface area contributed by atoms with Crippen molar-refractivity contribution in [2.45, 2.75) is 0 Å². The van der Waals surface area contributed by atoms with E-state index >= 15 is 0 Å². The second-order valence-corrected chi connectivity index (χ2v) is 5.78. The maximum atomic E-state index is 13.1. The molecule has 0 saturated heterocycles. The van der Waals surface area contributed by atoms with Crippen LogP contribution < -0.4 is 10.6 Å². The topological polar surface area (TPSA) is 61.4 Å². The van der Waals surface area contributed by atoms with Gasteiger partial charge < -0.3 is 10.6 Å². The number of nitrogens with zero attached hydrogens (tertiary/aromatic N) is 1. The third-order valence-electron chi connectivity index (χ3n) is 3.18. The summed E-state index contributed by atoms with van der Waals surface area (Å²) in [6, 6.07) is 9.85. The van der Waals surface area contributed by atoms with E-state index in [2.05, 4.69) is 10.6 Å². The molecule has 0 unspecified atom stereocenters. The van der Waals surface area contributed by atoms with E-state index in [4.69, 9.17) is 11.6 Å². The van der Waals surface area contributed by atoms with Crippen molar-refractivity contribution in [2.24, 2.45) is 0 Å². The highest BCUT2D eigenvalue weighted by molar-refractivity contribution is 6.33. The standard InChI is InChI=1S/C17H16ClF2N3O2/c1-23(10-17(25)22-15-5-3-2-4-12(15)18)9-16(24)21-11-6-7-13(19)14(20)8-11/h2-8H,9-10H2,1H3,(H,21,24)(H,22,25). The Morgan fingerprint density at radius 2 is 1.64 bits per heavy atom. The first-order valence-corrected chi connectivity index (χ1v) is 7.71. The van der Waals surface area contributed by atoms with Crippen molar-refractivity contribution in [3.8, 4) is 0 Å². The van der Waals surface area contributed by atoms with Crippen LogP contribution in [0.4, 0.5) is 20.2 Å². The minimum Gasteiger partial charge on any atom is -0.325 e. The molecule has 132 valence electrons. The first-order chi connectivity index (χ1) is 11.8. The largest absolute Gasteiger partial charge is 0.325 e. The Balaban J connectivity index is 1.83. The van der Waals surface area contributed by atoms with E-state index in [1.54, 1.807) is 31.3 Å². The van der Waals surface area contributed by atoms with Crippen LogP contribution in [-0.2, 0) is 9.59 Å². The normalized spacial score (nSPS) is 10.6. The summed E-state index contributed by atoms with van der Waals surface area (Å²) in [5.41, 5.74) is 0.617. The molecule has 5 nitrogen and oxygen atoms in total. The third kappa shape index (κ3) is 5.81. The van der Waals surface area contributed by atoms with Crippen LogP contribution in [0.25, 0.3) is 0 Å². The summed E-state index contributed by atoms with van der Waals surface area (Å²) in [4.78, 5) is 25.3. The van der Waals surface area contributed by atoms with Crippen molar-refractivity contribution in [1.29, 1.82) is 0 Å². The molecule has 0 aliphatic rings. The Morgan fingerprint density at radius 1 is 1.00 bits per heavy atom. The zero-order chi connectivity index (χ0) is 18.4. The monoisotopic (exact) mass is 367 g/mol. The number of rotatable bonds is 6.